The summed E-state index contributed by atoms with van der Waals surface area (Å²) in [6.45, 7) is 1.49. The second-order valence-corrected chi connectivity index (χ2v) is 3.44. The lowest BCUT2D eigenvalue weighted by Gasteiger charge is -2.10. The summed E-state index contributed by atoms with van der Waals surface area (Å²) >= 11 is 0. The summed E-state index contributed by atoms with van der Waals surface area (Å²) in [7, 11) is 1.53. The summed E-state index contributed by atoms with van der Waals surface area (Å²) in [6.07, 6.45) is 1.25. The Balaban J connectivity index is 2.53. The molecule has 0 aliphatic rings. The maximum Gasteiger partial charge on any atom is 0.262 e. The molecule has 1 aromatic rings. The molecule has 0 aliphatic heterocycles. The normalized spacial score (nSPS) is 10.4. The molecule has 0 spiro atoms. The molecule has 0 saturated carbocycles. The molecule has 1 rings (SSSR count). The van der Waals surface area contributed by atoms with Crippen molar-refractivity contribution in [2.45, 2.75) is 6.92 Å². The molecule has 94 valence electrons. The maximum atomic E-state index is 11.5. The van der Waals surface area contributed by atoms with Gasteiger partial charge in [0.2, 0.25) is 0 Å². The number of nitriles is 1. The minimum atomic E-state index is -0.329. The number of amides is 1. The van der Waals surface area contributed by atoms with E-state index in [0.29, 0.717) is 17.2 Å². The molecule has 5 heteroatoms. The standard InChI is InChI=1S/C13H14N2O3/c1-10(7-8-14)15-13(16)9-18-12-6-4-3-5-11(12)17-2/h3-7H,9H2,1-2H3,(H,15,16)/b10-7-. The van der Waals surface area contributed by atoms with Gasteiger partial charge in [-0.2, -0.15) is 5.26 Å². The van der Waals surface area contributed by atoms with Gasteiger partial charge >= 0.3 is 0 Å². The molecule has 0 heterocycles. The maximum absolute atomic E-state index is 11.5. The first kappa shape index (κ1) is 13.6. The number of ether oxygens (including phenoxy) is 2. The molecule has 0 fully saturated rings. The summed E-state index contributed by atoms with van der Waals surface area (Å²) < 4.78 is 10.4. The first-order chi connectivity index (χ1) is 8.67. The highest BCUT2D eigenvalue weighted by Gasteiger charge is 2.06. The van der Waals surface area contributed by atoms with Gasteiger partial charge in [0.1, 0.15) is 0 Å². The zero-order valence-electron chi connectivity index (χ0n) is 10.3. The molecule has 0 saturated heterocycles. The Hall–Kier alpha value is -2.48. The quantitative estimate of drug-likeness (QED) is 0.801. The first-order valence-corrected chi connectivity index (χ1v) is 5.29. The summed E-state index contributed by atoms with van der Waals surface area (Å²) in [5.41, 5.74) is 0.478. The number of allylic oxidation sites excluding steroid dienone is 2. The molecule has 18 heavy (non-hydrogen) atoms. The average Bonchev–Trinajstić information content (AvgIpc) is 2.37. The van der Waals surface area contributed by atoms with Crippen molar-refractivity contribution in [1.82, 2.24) is 5.32 Å². The third kappa shape index (κ3) is 4.18. The van der Waals surface area contributed by atoms with Crippen molar-refractivity contribution < 1.29 is 14.3 Å². The van der Waals surface area contributed by atoms with Crippen molar-refractivity contribution in [3.63, 3.8) is 0 Å². The first-order valence-electron chi connectivity index (χ1n) is 5.29. The van der Waals surface area contributed by atoms with Crippen molar-refractivity contribution in [3.05, 3.63) is 36.0 Å². The van der Waals surface area contributed by atoms with Gasteiger partial charge in [-0.15, -0.1) is 0 Å². The molecule has 0 radical (unpaired) electrons. The molecular weight excluding hydrogens is 232 g/mol. The second kappa shape index (κ2) is 6.97. The number of hydrogen-bond acceptors (Lipinski definition) is 4. The zero-order chi connectivity index (χ0) is 13.4. The van der Waals surface area contributed by atoms with Crippen molar-refractivity contribution in [2.24, 2.45) is 0 Å². The third-order valence-corrected chi connectivity index (χ3v) is 2.05. The SMILES string of the molecule is COc1ccccc1OCC(=O)N/C(C)=C\C#N. The summed E-state index contributed by atoms with van der Waals surface area (Å²) in [5.74, 6) is 0.733. The minimum absolute atomic E-state index is 0.142. The van der Waals surface area contributed by atoms with E-state index in [1.54, 1.807) is 25.1 Å². The van der Waals surface area contributed by atoms with Gasteiger partial charge in [0.15, 0.2) is 18.1 Å². The highest BCUT2D eigenvalue weighted by molar-refractivity contribution is 5.79. The predicted octanol–water partition coefficient (Wildman–Crippen LogP) is 1.62. The molecule has 0 aromatic heterocycles. The van der Waals surface area contributed by atoms with Crippen molar-refractivity contribution in [2.75, 3.05) is 13.7 Å². The lowest BCUT2D eigenvalue weighted by Crippen LogP contribution is -2.27. The second-order valence-electron chi connectivity index (χ2n) is 3.44. The van der Waals surface area contributed by atoms with E-state index in [1.807, 2.05) is 12.1 Å². The number of carbonyl (C=O) groups excluding carboxylic acids is 1. The van der Waals surface area contributed by atoms with Gasteiger partial charge in [-0.3, -0.25) is 4.79 Å². The Kier molecular flexibility index (Phi) is 5.26. The number of rotatable bonds is 5. The van der Waals surface area contributed by atoms with Crippen molar-refractivity contribution >= 4 is 5.91 Å². The van der Waals surface area contributed by atoms with Crippen LogP contribution in [-0.4, -0.2) is 19.6 Å². The Morgan fingerprint density at radius 1 is 1.44 bits per heavy atom. The monoisotopic (exact) mass is 246 g/mol. The predicted molar refractivity (Wildman–Crippen MR) is 66.0 cm³/mol. The summed E-state index contributed by atoms with van der Waals surface area (Å²) in [6, 6.07) is 8.88. The number of carbonyl (C=O) groups is 1. The Morgan fingerprint density at radius 2 is 2.11 bits per heavy atom. The van der Waals surface area contributed by atoms with Crippen LogP contribution in [0.5, 0.6) is 11.5 Å². The fraction of sp³-hybridized carbons (Fsp3) is 0.231. The number of para-hydroxylation sites is 2. The van der Waals surface area contributed by atoms with E-state index in [1.165, 1.54) is 13.2 Å². The van der Waals surface area contributed by atoms with E-state index in [4.69, 9.17) is 14.7 Å². The Morgan fingerprint density at radius 3 is 2.72 bits per heavy atom. The van der Waals surface area contributed by atoms with E-state index in [9.17, 15) is 4.79 Å². The number of benzene rings is 1. The fourth-order valence-corrected chi connectivity index (χ4v) is 1.27. The molecule has 1 aromatic carbocycles. The van der Waals surface area contributed by atoms with Gasteiger partial charge in [0.25, 0.3) is 5.91 Å². The lowest BCUT2D eigenvalue weighted by molar-refractivity contribution is -0.122. The molecule has 0 atom stereocenters. The van der Waals surface area contributed by atoms with Crippen LogP contribution in [0.1, 0.15) is 6.92 Å². The van der Waals surface area contributed by atoms with E-state index >= 15 is 0 Å². The number of nitrogens with zero attached hydrogens (tertiary/aromatic N) is 1. The van der Waals surface area contributed by atoms with Crippen LogP contribution in [-0.2, 0) is 4.79 Å². The highest BCUT2D eigenvalue weighted by Crippen LogP contribution is 2.25. The van der Waals surface area contributed by atoms with Crippen LogP contribution in [0.15, 0.2) is 36.0 Å². The summed E-state index contributed by atoms with van der Waals surface area (Å²) in [5, 5.41) is 10.9. The average molecular weight is 246 g/mol. The fourth-order valence-electron chi connectivity index (χ4n) is 1.27. The molecular formula is C13H14N2O3. The largest absolute Gasteiger partial charge is 0.493 e. The van der Waals surface area contributed by atoms with E-state index in [-0.39, 0.29) is 12.5 Å². The topological polar surface area (TPSA) is 71.3 Å². The molecule has 1 N–H and O–H groups in total. The lowest BCUT2D eigenvalue weighted by atomic mass is 10.3. The third-order valence-electron chi connectivity index (χ3n) is 2.05. The van der Waals surface area contributed by atoms with E-state index < -0.39 is 0 Å². The Bertz CT molecular complexity index is 489. The van der Waals surface area contributed by atoms with Crippen LogP contribution in [0.4, 0.5) is 0 Å². The summed E-state index contributed by atoms with van der Waals surface area (Å²) in [4.78, 5) is 11.5. The smallest absolute Gasteiger partial charge is 0.262 e. The molecule has 0 bridgehead atoms. The number of hydrogen-bond donors (Lipinski definition) is 1. The zero-order valence-corrected chi connectivity index (χ0v) is 10.3. The highest BCUT2D eigenvalue weighted by atomic mass is 16.5. The van der Waals surface area contributed by atoms with Crippen LogP contribution in [0.3, 0.4) is 0 Å². The van der Waals surface area contributed by atoms with Crippen LogP contribution >= 0.6 is 0 Å². The van der Waals surface area contributed by atoms with Gasteiger partial charge < -0.3 is 14.8 Å². The minimum Gasteiger partial charge on any atom is -0.493 e. The van der Waals surface area contributed by atoms with Gasteiger partial charge in [-0.25, -0.2) is 0 Å². The van der Waals surface area contributed by atoms with Gasteiger partial charge in [-0.1, -0.05) is 12.1 Å². The number of methoxy groups -OCH3 is 1. The molecule has 0 unspecified atom stereocenters. The van der Waals surface area contributed by atoms with Crippen LogP contribution in [0.25, 0.3) is 0 Å². The van der Waals surface area contributed by atoms with Crippen LogP contribution in [0.2, 0.25) is 0 Å². The van der Waals surface area contributed by atoms with Gasteiger partial charge in [0, 0.05) is 11.8 Å². The molecule has 5 nitrogen and oxygen atoms in total. The van der Waals surface area contributed by atoms with Crippen LogP contribution in [0, 0.1) is 11.3 Å². The van der Waals surface area contributed by atoms with Crippen molar-refractivity contribution in [3.8, 4) is 17.6 Å². The van der Waals surface area contributed by atoms with Crippen LogP contribution < -0.4 is 14.8 Å². The van der Waals surface area contributed by atoms with E-state index in [0.717, 1.165) is 0 Å². The molecule has 0 aliphatic carbocycles. The Labute approximate surface area is 106 Å². The van der Waals surface area contributed by atoms with Gasteiger partial charge in [-0.05, 0) is 19.1 Å². The van der Waals surface area contributed by atoms with Crippen molar-refractivity contribution in [1.29, 1.82) is 5.26 Å². The number of nitrogens with one attached hydrogen (secondary N) is 1. The molecule has 1 amide bonds. The van der Waals surface area contributed by atoms with Gasteiger partial charge in [0.05, 0.1) is 13.2 Å². The van der Waals surface area contributed by atoms with E-state index in [2.05, 4.69) is 5.32 Å².